The minimum atomic E-state index is 0.822. The molecule has 2 nitrogen and oxygen atoms in total. The fourth-order valence-corrected chi connectivity index (χ4v) is 4.32. The number of hydrogen-bond acceptors (Lipinski definition) is 2. The van der Waals surface area contributed by atoms with Crippen LogP contribution in [0.2, 0.25) is 0 Å². The Hall–Kier alpha value is -0.0800. The van der Waals surface area contributed by atoms with Crippen molar-refractivity contribution >= 4 is 0 Å². The van der Waals surface area contributed by atoms with Crippen LogP contribution in [0.4, 0.5) is 0 Å². The van der Waals surface area contributed by atoms with Crippen LogP contribution < -0.4 is 10.6 Å². The van der Waals surface area contributed by atoms with Crippen molar-refractivity contribution in [2.75, 3.05) is 6.54 Å². The van der Waals surface area contributed by atoms with Crippen LogP contribution in [0.1, 0.15) is 64.2 Å². The molecule has 3 rings (SSSR count). The highest BCUT2D eigenvalue weighted by atomic mass is 15.0. The van der Waals surface area contributed by atoms with Gasteiger partial charge in [-0.2, -0.15) is 0 Å². The minimum absolute atomic E-state index is 0.822. The molecular weight excluding hydrogens is 208 g/mol. The van der Waals surface area contributed by atoms with Gasteiger partial charge in [0.15, 0.2) is 0 Å². The van der Waals surface area contributed by atoms with E-state index in [-0.39, 0.29) is 0 Å². The zero-order valence-corrected chi connectivity index (χ0v) is 11.1. The third kappa shape index (κ3) is 2.85. The third-order valence-corrected chi connectivity index (χ3v) is 5.24. The van der Waals surface area contributed by atoms with Gasteiger partial charge in [-0.15, -0.1) is 0 Å². The highest BCUT2D eigenvalue weighted by Crippen LogP contribution is 2.32. The van der Waals surface area contributed by atoms with E-state index in [9.17, 15) is 0 Å². The Morgan fingerprint density at radius 1 is 0.765 bits per heavy atom. The van der Waals surface area contributed by atoms with Crippen LogP contribution in [0.15, 0.2) is 0 Å². The molecule has 1 saturated heterocycles. The SMILES string of the molecule is C1CCC(NC2CCCCC2C2CCCN2)C1. The summed E-state index contributed by atoms with van der Waals surface area (Å²) in [6, 6.07) is 2.50. The quantitative estimate of drug-likeness (QED) is 0.787. The average molecular weight is 236 g/mol. The van der Waals surface area contributed by atoms with Crippen molar-refractivity contribution in [2.24, 2.45) is 5.92 Å². The summed E-state index contributed by atoms with van der Waals surface area (Å²) in [5.41, 5.74) is 0. The second kappa shape index (κ2) is 5.71. The van der Waals surface area contributed by atoms with Crippen molar-refractivity contribution in [3.05, 3.63) is 0 Å². The van der Waals surface area contributed by atoms with Gasteiger partial charge in [0.05, 0.1) is 0 Å². The molecule has 0 amide bonds. The molecule has 17 heavy (non-hydrogen) atoms. The molecule has 1 heterocycles. The van der Waals surface area contributed by atoms with E-state index in [0.717, 1.165) is 24.0 Å². The monoisotopic (exact) mass is 236 g/mol. The lowest BCUT2D eigenvalue weighted by atomic mass is 9.79. The van der Waals surface area contributed by atoms with Crippen LogP contribution in [0.3, 0.4) is 0 Å². The Balaban J connectivity index is 1.58. The summed E-state index contributed by atoms with van der Waals surface area (Å²) in [5.74, 6) is 0.923. The normalized spacial score (nSPS) is 39.9. The maximum absolute atomic E-state index is 4.00. The van der Waals surface area contributed by atoms with Crippen molar-refractivity contribution in [3.63, 3.8) is 0 Å². The van der Waals surface area contributed by atoms with Gasteiger partial charge in [0, 0.05) is 18.1 Å². The van der Waals surface area contributed by atoms with E-state index in [1.807, 2.05) is 0 Å². The number of rotatable bonds is 3. The van der Waals surface area contributed by atoms with E-state index in [1.165, 1.54) is 70.8 Å². The molecule has 2 aliphatic carbocycles. The minimum Gasteiger partial charge on any atom is -0.314 e. The van der Waals surface area contributed by atoms with Gasteiger partial charge in [-0.05, 0) is 51.0 Å². The first kappa shape index (κ1) is 12.0. The van der Waals surface area contributed by atoms with Gasteiger partial charge < -0.3 is 10.6 Å². The van der Waals surface area contributed by atoms with E-state index in [0.29, 0.717) is 0 Å². The van der Waals surface area contributed by atoms with E-state index in [2.05, 4.69) is 10.6 Å². The summed E-state index contributed by atoms with van der Waals surface area (Å²) in [6.45, 7) is 1.26. The van der Waals surface area contributed by atoms with Gasteiger partial charge in [-0.25, -0.2) is 0 Å². The molecule has 0 aromatic carbocycles. The molecule has 3 atom stereocenters. The van der Waals surface area contributed by atoms with Gasteiger partial charge in [0.25, 0.3) is 0 Å². The van der Waals surface area contributed by atoms with Crippen molar-refractivity contribution in [1.82, 2.24) is 10.6 Å². The average Bonchev–Trinajstić information content (AvgIpc) is 3.01. The maximum atomic E-state index is 4.00. The Bertz CT molecular complexity index is 229. The van der Waals surface area contributed by atoms with Crippen molar-refractivity contribution < 1.29 is 0 Å². The topological polar surface area (TPSA) is 24.1 Å². The van der Waals surface area contributed by atoms with E-state index >= 15 is 0 Å². The predicted molar refractivity (Wildman–Crippen MR) is 72.2 cm³/mol. The Labute approximate surface area is 106 Å². The van der Waals surface area contributed by atoms with Gasteiger partial charge in [0.2, 0.25) is 0 Å². The van der Waals surface area contributed by atoms with Crippen LogP contribution in [0, 0.1) is 5.92 Å². The molecule has 3 aliphatic rings. The van der Waals surface area contributed by atoms with Crippen molar-refractivity contribution in [3.8, 4) is 0 Å². The zero-order valence-electron chi connectivity index (χ0n) is 11.1. The highest BCUT2D eigenvalue weighted by Gasteiger charge is 2.34. The maximum Gasteiger partial charge on any atom is 0.0113 e. The Kier molecular flexibility index (Phi) is 4.02. The smallest absolute Gasteiger partial charge is 0.0113 e. The summed E-state index contributed by atoms with van der Waals surface area (Å²) < 4.78 is 0. The fourth-order valence-electron chi connectivity index (χ4n) is 4.32. The lowest BCUT2D eigenvalue weighted by Crippen LogP contribution is -2.49. The second-order valence-electron chi connectivity index (χ2n) is 6.41. The summed E-state index contributed by atoms with van der Waals surface area (Å²) in [4.78, 5) is 0. The van der Waals surface area contributed by atoms with Crippen LogP contribution in [0.25, 0.3) is 0 Å². The second-order valence-corrected chi connectivity index (χ2v) is 6.41. The molecule has 0 spiro atoms. The molecule has 2 heteroatoms. The highest BCUT2D eigenvalue weighted by molar-refractivity contribution is 4.93. The fraction of sp³-hybridized carbons (Fsp3) is 1.00. The Morgan fingerprint density at radius 3 is 2.29 bits per heavy atom. The standard InChI is InChI=1S/C15H28N2/c1-2-7-12(6-1)17-15-9-4-3-8-13(15)14-10-5-11-16-14/h12-17H,1-11H2. The summed E-state index contributed by atoms with van der Waals surface area (Å²) in [5, 5.41) is 7.75. The van der Waals surface area contributed by atoms with Crippen LogP contribution in [-0.2, 0) is 0 Å². The van der Waals surface area contributed by atoms with E-state index in [1.54, 1.807) is 0 Å². The number of hydrogen-bond donors (Lipinski definition) is 2. The number of nitrogens with one attached hydrogen (secondary N) is 2. The first-order chi connectivity index (χ1) is 8.43. The van der Waals surface area contributed by atoms with Gasteiger partial charge in [0.1, 0.15) is 0 Å². The summed E-state index contributed by atoms with van der Waals surface area (Å²) in [6.07, 6.45) is 14.4. The van der Waals surface area contributed by atoms with E-state index in [4.69, 9.17) is 0 Å². The molecule has 3 unspecified atom stereocenters. The van der Waals surface area contributed by atoms with Gasteiger partial charge in [-0.1, -0.05) is 25.7 Å². The third-order valence-electron chi connectivity index (χ3n) is 5.24. The molecular formula is C15H28N2. The lowest BCUT2D eigenvalue weighted by molar-refractivity contribution is 0.201. The zero-order chi connectivity index (χ0) is 11.5. The molecule has 0 bridgehead atoms. The summed E-state index contributed by atoms with van der Waals surface area (Å²) in [7, 11) is 0. The molecule has 98 valence electrons. The van der Waals surface area contributed by atoms with Gasteiger partial charge >= 0.3 is 0 Å². The molecule has 1 aliphatic heterocycles. The van der Waals surface area contributed by atoms with Gasteiger partial charge in [-0.3, -0.25) is 0 Å². The lowest BCUT2D eigenvalue weighted by Gasteiger charge is -2.38. The van der Waals surface area contributed by atoms with Crippen LogP contribution in [0.5, 0.6) is 0 Å². The first-order valence-electron chi connectivity index (χ1n) is 7.93. The molecule has 2 saturated carbocycles. The van der Waals surface area contributed by atoms with Crippen molar-refractivity contribution in [2.45, 2.75) is 82.3 Å². The molecule has 2 N–H and O–H groups in total. The van der Waals surface area contributed by atoms with E-state index < -0.39 is 0 Å². The predicted octanol–water partition coefficient (Wildman–Crippen LogP) is 2.83. The Morgan fingerprint density at radius 2 is 1.53 bits per heavy atom. The van der Waals surface area contributed by atoms with Crippen molar-refractivity contribution in [1.29, 1.82) is 0 Å². The summed E-state index contributed by atoms with van der Waals surface area (Å²) >= 11 is 0. The largest absolute Gasteiger partial charge is 0.314 e. The van der Waals surface area contributed by atoms with Crippen LogP contribution >= 0.6 is 0 Å². The first-order valence-corrected chi connectivity index (χ1v) is 7.93. The van der Waals surface area contributed by atoms with Crippen LogP contribution in [-0.4, -0.2) is 24.7 Å². The molecule has 0 aromatic rings. The molecule has 0 aromatic heterocycles. The molecule has 0 radical (unpaired) electrons. The molecule has 3 fully saturated rings.